The first-order valence-electron chi connectivity index (χ1n) is 8.03. The summed E-state index contributed by atoms with van der Waals surface area (Å²) in [5, 5.41) is 6.95. The van der Waals surface area contributed by atoms with Crippen LogP contribution in [-0.2, 0) is 0 Å². The normalized spacial score (nSPS) is 22.8. The molecular weight excluding hydrogens is 248 g/mol. The molecule has 2 unspecified atom stereocenters. The smallest absolute Gasteiger partial charge is 0.131 e. The highest BCUT2D eigenvalue weighted by Gasteiger charge is 2.27. The maximum absolute atomic E-state index is 4.37. The van der Waals surface area contributed by atoms with Crippen LogP contribution in [0.25, 0.3) is 0 Å². The molecular formula is C16H28N4. The van der Waals surface area contributed by atoms with E-state index in [2.05, 4.69) is 41.4 Å². The largest absolute Gasteiger partial charge is 0.370 e. The molecule has 1 fully saturated rings. The molecule has 1 aromatic heterocycles. The topological polar surface area (TPSA) is 49.8 Å². The maximum Gasteiger partial charge on any atom is 0.131 e. The minimum absolute atomic E-state index is 0.553. The summed E-state index contributed by atoms with van der Waals surface area (Å²) in [5.41, 5.74) is 0. The van der Waals surface area contributed by atoms with Crippen molar-refractivity contribution in [1.29, 1.82) is 0 Å². The number of nitrogens with zero attached hydrogens (tertiary/aromatic N) is 2. The predicted molar refractivity (Wildman–Crippen MR) is 85.0 cm³/mol. The molecule has 20 heavy (non-hydrogen) atoms. The van der Waals surface area contributed by atoms with Gasteiger partial charge in [0.05, 0.1) is 0 Å². The van der Waals surface area contributed by atoms with Gasteiger partial charge in [0.1, 0.15) is 18.0 Å². The number of hydrogen-bond donors (Lipinski definition) is 2. The fraction of sp³-hybridized carbons (Fsp3) is 0.750. The Hall–Kier alpha value is -1.32. The van der Waals surface area contributed by atoms with Crippen molar-refractivity contribution >= 4 is 11.6 Å². The van der Waals surface area contributed by atoms with Crippen LogP contribution in [0.5, 0.6) is 0 Å². The molecule has 1 aliphatic carbocycles. The van der Waals surface area contributed by atoms with Crippen molar-refractivity contribution in [2.75, 3.05) is 17.2 Å². The molecule has 1 heterocycles. The number of nitrogens with one attached hydrogen (secondary N) is 2. The Morgan fingerprint density at radius 1 is 1.20 bits per heavy atom. The number of anilines is 2. The number of aromatic nitrogens is 2. The quantitative estimate of drug-likeness (QED) is 0.826. The minimum atomic E-state index is 0.553. The van der Waals surface area contributed by atoms with Crippen molar-refractivity contribution in [3.8, 4) is 0 Å². The monoisotopic (exact) mass is 276 g/mol. The Morgan fingerprint density at radius 2 is 1.95 bits per heavy atom. The molecule has 0 aromatic carbocycles. The van der Waals surface area contributed by atoms with Crippen molar-refractivity contribution in [3.63, 3.8) is 0 Å². The molecule has 0 bridgehead atoms. The highest BCUT2D eigenvalue weighted by molar-refractivity contribution is 5.47. The van der Waals surface area contributed by atoms with Crippen LogP contribution < -0.4 is 10.6 Å². The molecule has 1 aromatic rings. The lowest BCUT2D eigenvalue weighted by Gasteiger charge is -2.35. The minimum Gasteiger partial charge on any atom is -0.370 e. The van der Waals surface area contributed by atoms with Gasteiger partial charge < -0.3 is 10.6 Å². The van der Waals surface area contributed by atoms with E-state index >= 15 is 0 Å². The molecule has 112 valence electrons. The summed E-state index contributed by atoms with van der Waals surface area (Å²) >= 11 is 0. The molecule has 0 saturated heterocycles. The predicted octanol–water partition coefficient (Wildman–Crippen LogP) is 3.93. The Balaban J connectivity index is 2.00. The van der Waals surface area contributed by atoms with E-state index in [1.54, 1.807) is 6.33 Å². The van der Waals surface area contributed by atoms with Gasteiger partial charge in [-0.25, -0.2) is 9.97 Å². The fourth-order valence-corrected chi connectivity index (χ4v) is 3.11. The molecule has 0 radical (unpaired) electrons. The van der Waals surface area contributed by atoms with Gasteiger partial charge >= 0.3 is 0 Å². The first-order valence-corrected chi connectivity index (χ1v) is 8.03. The average molecular weight is 276 g/mol. The van der Waals surface area contributed by atoms with Crippen LogP contribution in [0.4, 0.5) is 11.6 Å². The Kier molecular flexibility index (Phi) is 5.62. The molecule has 0 amide bonds. The van der Waals surface area contributed by atoms with E-state index in [0.717, 1.165) is 36.4 Å². The Labute approximate surface area is 122 Å². The van der Waals surface area contributed by atoms with E-state index in [0.29, 0.717) is 6.04 Å². The zero-order chi connectivity index (χ0) is 14.4. The summed E-state index contributed by atoms with van der Waals surface area (Å²) in [6.45, 7) is 7.77. The van der Waals surface area contributed by atoms with Crippen molar-refractivity contribution < 1.29 is 0 Å². The summed E-state index contributed by atoms with van der Waals surface area (Å²) in [7, 11) is 0. The number of rotatable bonds is 6. The summed E-state index contributed by atoms with van der Waals surface area (Å²) in [6, 6.07) is 2.58. The first kappa shape index (κ1) is 15.1. The Morgan fingerprint density at radius 3 is 2.70 bits per heavy atom. The lowest BCUT2D eigenvalue weighted by atomic mass is 9.78. The third-order valence-electron chi connectivity index (χ3n) is 4.23. The molecule has 4 heteroatoms. The van der Waals surface area contributed by atoms with Gasteiger partial charge in [-0.2, -0.15) is 0 Å². The van der Waals surface area contributed by atoms with Crippen molar-refractivity contribution in [2.24, 2.45) is 11.8 Å². The fourth-order valence-electron chi connectivity index (χ4n) is 3.11. The van der Waals surface area contributed by atoms with Crippen LogP contribution >= 0.6 is 0 Å². The van der Waals surface area contributed by atoms with Crippen molar-refractivity contribution in [1.82, 2.24) is 9.97 Å². The van der Waals surface area contributed by atoms with Crippen LogP contribution in [0.2, 0.25) is 0 Å². The molecule has 2 rings (SSSR count). The van der Waals surface area contributed by atoms with Crippen LogP contribution in [0.1, 0.15) is 52.9 Å². The van der Waals surface area contributed by atoms with Gasteiger partial charge in [0, 0.05) is 18.7 Å². The zero-order valence-electron chi connectivity index (χ0n) is 13.0. The standard InChI is InChI=1S/C16H28N4/c1-4-9-17-15-10-16(19-11-18-15)20-14-8-6-5-7-13(14)12(2)3/h10-14H,4-9H2,1-3H3,(H2,17,18,19,20). The summed E-state index contributed by atoms with van der Waals surface area (Å²) in [5.74, 6) is 3.36. The third kappa shape index (κ3) is 4.09. The highest BCUT2D eigenvalue weighted by Crippen LogP contribution is 2.32. The highest BCUT2D eigenvalue weighted by atomic mass is 15.1. The van der Waals surface area contributed by atoms with E-state index in [4.69, 9.17) is 0 Å². The summed E-state index contributed by atoms with van der Waals surface area (Å²) in [4.78, 5) is 8.64. The van der Waals surface area contributed by atoms with E-state index in [1.807, 2.05) is 6.07 Å². The molecule has 1 saturated carbocycles. The lowest BCUT2D eigenvalue weighted by molar-refractivity contribution is 0.253. The molecule has 2 N–H and O–H groups in total. The summed E-state index contributed by atoms with van der Waals surface area (Å²) in [6.07, 6.45) is 8.03. The van der Waals surface area contributed by atoms with Gasteiger partial charge in [-0.3, -0.25) is 0 Å². The second kappa shape index (κ2) is 7.46. The first-order chi connectivity index (χ1) is 9.70. The second-order valence-corrected chi connectivity index (χ2v) is 6.16. The summed E-state index contributed by atoms with van der Waals surface area (Å²) < 4.78 is 0. The SMILES string of the molecule is CCCNc1cc(NC2CCCCC2C(C)C)ncn1. The van der Waals surface area contributed by atoms with E-state index in [1.165, 1.54) is 25.7 Å². The molecule has 1 aliphatic rings. The number of hydrogen-bond acceptors (Lipinski definition) is 4. The molecule has 0 spiro atoms. The van der Waals surface area contributed by atoms with Gasteiger partial charge in [0.25, 0.3) is 0 Å². The average Bonchev–Trinajstić information content (AvgIpc) is 2.46. The van der Waals surface area contributed by atoms with Gasteiger partial charge in [0.2, 0.25) is 0 Å². The Bertz CT molecular complexity index is 405. The van der Waals surface area contributed by atoms with Gasteiger partial charge in [-0.15, -0.1) is 0 Å². The third-order valence-corrected chi connectivity index (χ3v) is 4.23. The zero-order valence-corrected chi connectivity index (χ0v) is 13.0. The van der Waals surface area contributed by atoms with Gasteiger partial charge in [-0.05, 0) is 31.1 Å². The van der Waals surface area contributed by atoms with E-state index in [-0.39, 0.29) is 0 Å². The van der Waals surface area contributed by atoms with Gasteiger partial charge in [-0.1, -0.05) is 33.6 Å². The lowest BCUT2D eigenvalue weighted by Crippen LogP contribution is -2.35. The van der Waals surface area contributed by atoms with Gasteiger partial charge in [0.15, 0.2) is 0 Å². The van der Waals surface area contributed by atoms with Crippen LogP contribution in [0.3, 0.4) is 0 Å². The molecule has 4 nitrogen and oxygen atoms in total. The van der Waals surface area contributed by atoms with Crippen LogP contribution in [0, 0.1) is 11.8 Å². The molecule has 2 atom stereocenters. The van der Waals surface area contributed by atoms with Crippen molar-refractivity contribution in [3.05, 3.63) is 12.4 Å². The molecule has 0 aliphatic heterocycles. The van der Waals surface area contributed by atoms with E-state index < -0.39 is 0 Å². The van der Waals surface area contributed by atoms with E-state index in [9.17, 15) is 0 Å². The van der Waals surface area contributed by atoms with Crippen LogP contribution in [0.15, 0.2) is 12.4 Å². The van der Waals surface area contributed by atoms with Crippen molar-refractivity contribution in [2.45, 2.75) is 58.9 Å². The maximum atomic E-state index is 4.37. The van der Waals surface area contributed by atoms with Crippen LogP contribution in [-0.4, -0.2) is 22.6 Å². The second-order valence-electron chi connectivity index (χ2n) is 6.16.